The Labute approximate surface area is 128 Å². The van der Waals surface area contributed by atoms with E-state index in [4.69, 9.17) is 9.15 Å². The van der Waals surface area contributed by atoms with Gasteiger partial charge in [-0.15, -0.1) is 0 Å². The van der Waals surface area contributed by atoms with Crippen LogP contribution in [-0.2, 0) is 0 Å². The molecule has 1 aliphatic rings. The van der Waals surface area contributed by atoms with Crippen molar-refractivity contribution in [3.05, 3.63) is 60.3 Å². The summed E-state index contributed by atoms with van der Waals surface area (Å²) < 4.78 is 11.8. The summed E-state index contributed by atoms with van der Waals surface area (Å²) in [6.07, 6.45) is 1.82. The quantitative estimate of drug-likeness (QED) is 0.753. The molecule has 3 aromatic rings. The van der Waals surface area contributed by atoms with Crippen LogP contribution in [0.1, 0.15) is 25.7 Å². The molecule has 2 aromatic carbocycles. The second kappa shape index (κ2) is 5.22. The van der Waals surface area contributed by atoms with Gasteiger partial charge in [-0.25, -0.2) is 4.98 Å². The number of nitrogens with one attached hydrogen (secondary N) is 1. The number of aromatic nitrogens is 1. The molecule has 4 rings (SSSR count). The molecule has 4 heteroatoms. The first-order valence-electron chi connectivity index (χ1n) is 7.48. The minimum absolute atomic E-state index is 0.623. The van der Waals surface area contributed by atoms with Crippen LogP contribution in [0.25, 0.3) is 16.7 Å². The second-order valence-corrected chi connectivity index (χ2v) is 5.27. The van der Waals surface area contributed by atoms with Crippen LogP contribution in [0.15, 0.2) is 58.8 Å². The number of fused-ring (bicyclic) bond motifs is 2. The van der Waals surface area contributed by atoms with Gasteiger partial charge in [-0.05, 0) is 30.7 Å². The van der Waals surface area contributed by atoms with E-state index in [9.17, 15) is 0 Å². The molecule has 0 fully saturated rings. The van der Waals surface area contributed by atoms with Crippen molar-refractivity contribution < 1.29 is 9.15 Å². The number of anilines is 1. The predicted molar refractivity (Wildman–Crippen MR) is 86.5 cm³/mol. The lowest BCUT2D eigenvalue weighted by Crippen LogP contribution is -2.02. The Morgan fingerprint density at radius 2 is 1.91 bits per heavy atom. The molecule has 0 unspecified atom stereocenters. The minimum Gasteiger partial charge on any atom is -0.438 e. The molecule has 1 N–H and O–H groups in total. The fourth-order valence-corrected chi connectivity index (χ4v) is 2.62. The molecule has 2 heterocycles. The number of benzene rings is 2. The van der Waals surface area contributed by atoms with Crippen molar-refractivity contribution in [2.75, 3.05) is 5.32 Å². The molecule has 1 aliphatic heterocycles. The largest absolute Gasteiger partial charge is 0.438 e. The van der Waals surface area contributed by atoms with E-state index in [0.717, 1.165) is 46.8 Å². The highest BCUT2D eigenvalue weighted by atomic mass is 16.5. The lowest BCUT2D eigenvalue weighted by Gasteiger charge is -2.06. The first-order valence-corrected chi connectivity index (χ1v) is 7.48. The molecule has 4 nitrogen and oxygen atoms in total. The average Bonchev–Trinajstić information content (AvgIpc) is 3.15. The Morgan fingerprint density at radius 1 is 1.09 bits per heavy atom. The average molecular weight is 292 g/mol. The fourth-order valence-electron chi connectivity index (χ4n) is 2.62. The van der Waals surface area contributed by atoms with Gasteiger partial charge in [-0.1, -0.05) is 37.6 Å². The van der Waals surface area contributed by atoms with Gasteiger partial charge < -0.3 is 14.5 Å². The summed E-state index contributed by atoms with van der Waals surface area (Å²) in [4.78, 5) is 4.59. The van der Waals surface area contributed by atoms with Crippen LogP contribution in [0, 0.1) is 0 Å². The Hall–Kier alpha value is -2.75. The maximum Gasteiger partial charge on any atom is 0.228 e. The SMILES string of the molecule is CCCC(=C1Nc2ccccc2O1)c1nc2ccccc2o1. The van der Waals surface area contributed by atoms with E-state index in [2.05, 4.69) is 17.2 Å². The van der Waals surface area contributed by atoms with Crippen LogP contribution in [0.2, 0.25) is 0 Å². The number of oxazole rings is 1. The summed E-state index contributed by atoms with van der Waals surface area (Å²) in [5.41, 5.74) is 3.60. The molecule has 22 heavy (non-hydrogen) atoms. The van der Waals surface area contributed by atoms with Gasteiger partial charge in [0.05, 0.1) is 11.3 Å². The molecular weight excluding hydrogens is 276 g/mol. The highest BCUT2D eigenvalue weighted by molar-refractivity contribution is 5.78. The Kier molecular flexibility index (Phi) is 3.07. The summed E-state index contributed by atoms with van der Waals surface area (Å²) in [6, 6.07) is 15.7. The summed E-state index contributed by atoms with van der Waals surface area (Å²) in [5.74, 6) is 2.18. The van der Waals surface area contributed by atoms with Gasteiger partial charge in [0.2, 0.25) is 11.8 Å². The van der Waals surface area contributed by atoms with E-state index < -0.39 is 0 Å². The van der Waals surface area contributed by atoms with Crippen molar-refractivity contribution in [3.8, 4) is 5.75 Å². The maximum absolute atomic E-state index is 5.94. The normalized spacial score (nSPS) is 15.3. The molecule has 0 radical (unpaired) electrons. The number of nitrogens with zero attached hydrogens (tertiary/aromatic N) is 1. The first-order chi connectivity index (χ1) is 10.8. The van der Waals surface area contributed by atoms with E-state index in [1.165, 1.54) is 0 Å². The molecule has 110 valence electrons. The Morgan fingerprint density at radius 3 is 2.73 bits per heavy atom. The van der Waals surface area contributed by atoms with E-state index in [1.54, 1.807) is 0 Å². The van der Waals surface area contributed by atoms with Gasteiger partial charge in [-0.2, -0.15) is 0 Å². The lowest BCUT2D eigenvalue weighted by molar-refractivity contribution is 0.453. The molecular formula is C18H16N2O2. The van der Waals surface area contributed by atoms with Gasteiger partial charge >= 0.3 is 0 Å². The molecule has 0 saturated heterocycles. The molecule has 0 atom stereocenters. The molecule has 0 amide bonds. The zero-order valence-corrected chi connectivity index (χ0v) is 12.3. The number of allylic oxidation sites excluding steroid dienone is 1. The van der Waals surface area contributed by atoms with Crippen molar-refractivity contribution in [1.29, 1.82) is 0 Å². The van der Waals surface area contributed by atoms with E-state index in [-0.39, 0.29) is 0 Å². The lowest BCUT2D eigenvalue weighted by atomic mass is 10.1. The minimum atomic E-state index is 0.623. The summed E-state index contributed by atoms with van der Waals surface area (Å²) in [7, 11) is 0. The van der Waals surface area contributed by atoms with Gasteiger partial charge in [0.15, 0.2) is 11.3 Å². The smallest absolute Gasteiger partial charge is 0.228 e. The molecule has 0 aliphatic carbocycles. The van der Waals surface area contributed by atoms with Gasteiger partial charge in [0.25, 0.3) is 0 Å². The predicted octanol–water partition coefficient (Wildman–Crippen LogP) is 4.80. The van der Waals surface area contributed by atoms with Crippen molar-refractivity contribution >= 4 is 22.4 Å². The monoisotopic (exact) mass is 292 g/mol. The second-order valence-electron chi connectivity index (χ2n) is 5.27. The van der Waals surface area contributed by atoms with Crippen LogP contribution < -0.4 is 10.1 Å². The van der Waals surface area contributed by atoms with E-state index in [0.29, 0.717) is 5.89 Å². The van der Waals surface area contributed by atoms with Crippen LogP contribution in [0.3, 0.4) is 0 Å². The van der Waals surface area contributed by atoms with Crippen molar-refractivity contribution in [1.82, 2.24) is 4.98 Å². The van der Waals surface area contributed by atoms with Crippen molar-refractivity contribution in [3.63, 3.8) is 0 Å². The van der Waals surface area contributed by atoms with Crippen molar-refractivity contribution in [2.24, 2.45) is 0 Å². The topological polar surface area (TPSA) is 47.3 Å². The van der Waals surface area contributed by atoms with Crippen LogP contribution in [0.5, 0.6) is 5.75 Å². The van der Waals surface area contributed by atoms with Gasteiger partial charge in [0, 0.05) is 0 Å². The van der Waals surface area contributed by atoms with Gasteiger partial charge in [0.1, 0.15) is 5.52 Å². The Bertz CT molecular complexity index is 804. The third kappa shape index (κ3) is 2.13. The highest BCUT2D eigenvalue weighted by Crippen LogP contribution is 2.37. The number of para-hydroxylation sites is 4. The zero-order valence-electron chi connectivity index (χ0n) is 12.3. The van der Waals surface area contributed by atoms with Crippen LogP contribution >= 0.6 is 0 Å². The van der Waals surface area contributed by atoms with Gasteiger partial charge in [-0.3, -0.25) is 0 Å². The fraction of sp³-hybridized carbons (Fsp3) is 0.167. The zero-order chi connectivity index (χ0) is 14.9. The number of hydrogen-bond acceptors (Lipinski definition) is 4. The Balaban J connectivity index is 1.80. The standard InChI is InChI=1S/C18H16N2O2/c1-2-7-12(17-19-13-8-3-5-10-15(13)21-17)18-20-14-9-4-6-11-16(14)22-18/h3-6,8-11,19H,2,7H2,1H3. The summed E-state index contributed by atoms with van der Waals surface area (Å²) >= 11 is 0. The third-order valence-electron chi connectivity index (χ3n) is 3.67. The highest BCUT2D eigenvalue weighted by Gasteiger charge is 2.23. The number of rotatable bonds is 3. The molecule has 0 saturated carbocycles. The maximum atomic E-state index is 5.94. The molecule has 0 spiro atoms. The first kappa shape index (κ1) is 13.0. The summed E-state index contributed by atoms with van der Waals surface area (Å²) in [5, 5.41) is 3.32. The van der Waals surface area contributed by atoms with Crippen LogP contribution in [0.4, 0.5) is 5.69 Å². The molecule has 0 bridgehead atoms. The van der Waals surface area contributed by atoms with Crippen molar-refractivity contribution in [2.45, 2.75) is 19.8 Å². The number of hydrogen-bond donors (Lipinski definition) is 1. The van der Waals surface area contributed by atoms with E-state index in [1.807, 2.05) is 48.5 Å². The molecule has 1 aromatic heterocycles. The number of ether oxygens (including phenoxy) is 1. The summed E-state index contributed by atoms with van der Waals surface area (Å²) in [6.45, 7) is 2.13. The third-order valence-corrected chi connectivity index (χ3v) is 3.67. The van der Waals surface area contributed by atoms with E-state index >= 15 is 0 Å². The van der Waals surface area contributed by atoms with Crippen LogP contribution in [-0.4, -0.2) is 4.98 Å².